The summed E-state index contributed by atoms with van der Waals surface area (Å²) in [7, 11) is 0. The predicted molar refractivity (Wildman–Crippen MR) is 57.0 cm³/mol. The van der Waals surface area contributed by atoms with E-state index < -0.39 is 5.97 Å². The Morgan fingerprint density at radius 1 is 1.38 bits per heavy atom. The lowest BCUT2D eigenvalue weighted by Gasteiger charge is -2.50. The van der Waals surface area contributed by atoms with Gasteiger partial charge in [-0.3, -0.25) is 4.79 Å². The molecule has 2 heterocycles. The molecule has 13 heavy (non-hydrogen) atoms. The highest BCUT2D eigenvalue weighted by atomic mass is 35.5. The summed E-state index contributed by atoms with van der Waals surface area (Å²) in [5, 5.41) is 7.72. The molecule has 2 rings (SSSR count). The molecule has 5 heteroatoms. The SMILES string of the molecule is C1CN2CCC12.CCC(=O)O.Cl.Cl. The summed E-state index contributed by atoms with van der Waals surface area (Å²) in [6, 6.07) is 1.05. The average Bonchev–Trinajstić information content (AvgIpc) is 1.98. The van der Waals surface area contributed by atoms with Gasteiger partial charge >= 0.3 is 5.97 Å². The standard InChI is InChI=1S/C5H9N.C3H6O2.2ClH/c1-3-6-4-2-5(1)6;1-2-3(4)5;;/h5H,1-4H2;2H2,1H3,(H,4,5);2*1H. The van der Waals surface area contributed by atoms with Crippen molar-refractivity contribution in [1.29, 1.82) is 0 Å². The molecule has 0 saturated carbocycles. The quantitative estimate of drug-likeness (QED) is 0.746. The fourth-order valence-corrected chi connectivity index (χ4v) is 1.24. The third-order valence-electron chi connectivity index (χ3n) is 2.32. The van der Waals surface area contributed by atoms with Crippen LogP contribution in [0.5, 0.6) is 0 Å². The van der Waals surface area contributed by atoms with E-state index in [1.165, 1.54) is 25.9 Å². The summed E-state index contributed by atoms with van der Waals surface area (Å²) in [6.07, 6.45) is 3.19. The van der Waals surface area contributed by atoms with Gasteiger partial charge < -0.3 is 10.0 Å². The van der Waals surface area contributed by atoms with Crippen LogP contribution in [0.4, 0.5) is 0 Å². The Hall–Kier alpha value is 0.01000. The topological polar surface area (TPSA) is 40.5 Å². The van der Waals surface area contributed by atoms with E-state index in [0.717, 1.165) is 6.04 Å². The molecule has 2 fully saturated rings. The lowest BCUT2D eigenvalue weighted by Crippen LogP contribution is -2.57. The number of carbonyl (C=O) groups is 1. The maximum absolute atomic E-state index is 9.37. The molecule has 0 amide bonds. The smallest absolute Gasteiger partial charge is 0.303 e. The Bertz CT molecular complexity index is 137. The Morgan fingerprint density at radius 2 is 1.69 bits per heavy atom. The number of halogens is 2. The van der Waals surface area contributed by atoms with Crippen LogP contribution in [0.15, 0.2) is 0 Å². The Labute approximate surface area is 91.3 Å². The molecule has 3 nitrogen and oxygen atoms in total. The normalized spacial score (nSPS) is 18.5. The van der Waals surface area contributed by atoms with Gasteiger partial charge in [0, 0.05) is 12.5 Å². The maximum atomic E-state index is 9.37. The molecular weight excluding hydrogens is 213 g/mol. The number of aliphatic carboxylic acids is 1. The van der Waals surface area contributed by atoms with Crippen LogP contribution < -0.4 is 0 Å². The van der Waals surface area contributed by atoms with Gasteiger partial charge in [0.15, 0.2) is 0 Å². The molecule has 2 saturated heterocycles. The van der Waals surface area contributed by atoms with Gasteiger partial charge in [-0.2, -0.15) is 0 Å². The minimum Gasteiger partial charge on any atom is -0.481 e. The van der Waals surface area contributed by atoms with Crippen molar-refractivity contribution in [1.82, 2.24) is 4.90 Å². The van der Waals surface area contributed by atoms with Crippen LogP contribution in [-0.2, 0) is 4.79 Å². The zero-order chi connectivity index (χ0) is 8.27. The van der Waals surface area contributed by atoms with Gasteiger partial charge in [0.25, 0.3) is 0 Å². The van der Waals surface area contributed by atoms with E-state index in [9.17, 15) is 4.79 Å². The van der Waals surface area contributed by atoms with E-state index in [-0.39, 0.29) is 31.2 Å². The lowest BCUT2D eigenvalue weighted by molar-refractivity contribution is -0.136. The first-order chi connectivity index (χ1) is 5.24. The first-order valence-corrected chi connectivity index (χ1v) is 4.20. The number of nitrogens with zero attached hydrogens (tertiary/aromatic N) is 1. The van der Waals surface area contributed by atoms with E-state index in [1.54, 1.807) is 6.92 Å². The van der Waals surface area contributed by atoms with Crippen molar-refractivity contribution in [3.05, 3.63) is 0 Å². The van der Waals surface area contributed by atoms with Crippen molar-refractivity contribution >= 4 is 30.8 Å². The molecule has 0 spiro atoms. The third-order valence-corrected chi connectivity index (χ3v) is 2.32. The summed E-state index contributed by atoms with van der Waals surface area (Å²) in [4.78, 5) is 11.9. The largest absolute Gasteiger partial charge is 0.481 e. The Kier molecular flexibility index (Phi) is 8.83. The molecule has 0 unspecified atom stereocenters. The molecule has 0 atom stereocenters. The van der Waals surface area contributed by atoms with Crippen molar-refractivity contribution < 1.29 is 9.90 Å². The number of carboxylic acids is 1. The molecule has 1 N–H and O–H groups in total. The summed E-state index contributed by atoms with van der Waals surface area (Å²) >= 11 is 0. The maximum Gasteiger partial charge on any atom is 0.303 e. The third kappa shape index (κ3) is 4.69. The molecule has 0 radical (unpaired) electrons. The van der Waals surface area contributed by atoms with Gasteiger partial charge in [0.1, 0.15) is 0 Å². The minimum atomic E-state index is -0.745. The predicted octanol–water partition coefficient (Wildman–Crippen LogP) is 1.79. The zero-order valence-corrected chi connectivity index (χ0v) is 9.37. The minimum absolute atomic E-state index is 0. The van der Waals surface area contributed by atoms with Crippen LogP contribution in [-0.4, -0.2) is 35.1 Å². The van der Waals surface area contributed by atoms with Crippen molar-refractivity contribution in [2.45, 2.75) is 32.2 Å². The number of hydrogen-bond acceptors (Lipinski definition) is 2. The summed E-state index contributed by atoms with van der Waals surface area (Å²) in [5.41, 5.74) is 0. The monoisotopic (exact) mass is 229 g/mol. The highest BCUT2D eigenvalue weighted by Crippen LogP contribution is 2.28. The number of fused-ring (bicyclic) bond motifs is 1. The van der Waals surface area contributed by atoms with Crippen LogP contribution in [0.2, 0.25) is 0 Å². The first-order valence-electron chi connectivity index (χ1n) is 4.20. The van der Waals surface area contributed by atoms with E-state index in [0.29, 0.717) is 0 Å². The van der Waals surface area contributed by atoms with Crippen LogP contribution in [0, 0.1) is 0 Å². The van der Waals surface area contributed by atoms with Gasteiger partial charge in [-0.1, -0.05) is 6.92 Å². The second-order valence-corrected chi connectivity index (χ2v) is 3.01. The van der Waals surface area contributed by atoms with Crippen molar-refractivity contribution in [2.75, 3.05) is 13.1 Å². The van der Waals surface area contributed by atoms with E-state index in [2.05, 4.69) is 4.90 Å². The first kappa shape index (κ1) is 15.5. The molecule has 0 aromatic rings. The van der Waals surface area contributed by atoms with Gasteiger partial charge in [0.2, 0.25) is 0 Å². The Balaban J connectivity index is 0. The van der Waals surface area contributed by atoms with Gasteiger partial charge in [0.05, 0.1) is 0 Å². The number of piperidine rings is 1. The fourth-order valence-electron chi connectivity index (χ4n) is 1.24. The second-order valence-electron chi connectivity index (χ2n) is 3.01. The molecule has 0 aliphatic carbocycles. The average molecular weight is 230 g/mol. The fraction of sp³-hybridized carbons (Fsp3) is 0.875. The van der Waals surface area contributed by atoms with Crippen LogP contribution in [0.3, 0.4) is 0 Å². The molecule has 0 bridgehead atoms. The zero-order valence-electron chi connectivity index (χ0n) is 7.73. The lowest BCUT2D eigenvalue weighted by atomic mass is 9.91. The van der Waals surface area contributed by atoms with Gasteiger partial charge in [-0.15, -0.1) is 24.8 Å². The highest BCUT2D eigenvalue weighted by Gasteiger charge is 2.34. The summed E-state index contributed by atoms with van der Waals surface area (Å²) < 4.78 is 0. The molecule has 80 valence electrons. The van der Waals surface area contributed by atoms with E-state index in [4.69, 9.17) is 5.11 Å². The summed E-state index contributed by atoms with van der Waals surface area (Å²) in [6.45, 7) is 4.39. The van der Waals surface area contributed by atoms with Crippen molar-refractivity contribution in [3.63, 3.8) is 0 Å². The summed E-state index contributed by atoms with van der Waals surface area (Å²) in [5.74, 6) is -0.745. The van der Waals surface area contributed by atoms with E-state index >= 15 is 0 Å². The Morgan fingerprint density at radius 3 is 1.69 bits per heavy atom. The van der Waals surface area contributed by atoms with Crippen LogP contribution in [0.25, 0.3) is 0 Å². The van der Waals surface area contributed by atoms with Crippen molar-refractivity contribution in [2.24, 2.45) is 0 Å². The molecule has 0 aromatic heterocycles. The number of carboxylic acid groups (broad SMARTS) is 1. The second kappa shape index (κ2) is 7.42. The molecule has 0 aromatic carbocycles. The van der Waals surface area contributed by atoms with Gasteiger partial charge in [-0.25, -0.2) is 0 Å². The van der Waals surface area contributed by atoms with Crippen LogP contribution in [0.1, 0.15) is 26.2 Å². The van der Waals surface area contributed by atoms with Crippen molar-refractivity contribution in [3.8, 4) is 0 Å². The van der Waals surface area contributed by atoms with E-state index in [1.807, 2.05) is 0 Å². The molecule has 2 aliphatic heterocycles. The van der Waals surface area contributed by atoms with Gasteiger partial charge in [-0.05, 0) is 25.9 Å². The van der Waals surface area contributed by atoms with Crippen LogP contribution >= 0.6 is 24.8 Å². The highest BCUT2D eigenvalue weighted by molar-refractivity contribution is 5.85. The molecular formula is C8H17Cl2NO2. The number of rotatable bonds is 1. The number of hydrogen-bond donors (Lipinski definition) is 1. The molecule has 2 aliphatic rings.